The normalized spacial score (nSPS) is 11.2. The number of nitrogens with one attached hydrogen (secondary N) is 2. The number of anilines is 1. The van der Waals surface area contributed by atoms with Crippen molar-refractivity contribution >= 4 is 22.2 Å². The monoisotopic (exact) mass is 322 g/mol. The maximum absolute atomic E-state index is 5.32. The molecule has 3 aromatic heterocycles. The van der Waals surface area contributed by atoms with Crippen molar-refractivity contribution in [3.05, 3.63) is 48.0 Å². The van der Waals surface area contributed by atoms with Crippen molar-refractivity contribution in [3.63, 3.8) is 0 Å². The number of hydrogen-bond donors (Lipinski definition) is 2. The third-order valence-corrected chi connectivity index (χ3v) is 4.07. The molecule has 0 fully saturated rings. The van der Waals surface area contributed by atoms with E-state index >= 15 is 0 Å². The lowest BCUT2D eigenvalue weighted by atomic mass is 10.1. The van der Waals surface area contributed by atoms with Gasteiger partial charge < -0.3 is 15.0 Å². The summed E-state index contributed by atoms with van der Waals surface area (Å²) in [7, 11) is 1.69. The van der Waals surface area contributed by atoms with Gasteiger partial charge in [-0.05, 0) is 43.2 Å². The van der Waals surface area contributed by atoms with Crippen molar-refractivity contribution in [1.82, 2.24) is 24.8 Å². The van der Waals surface area contributed by atoms with Crippen LogP contribution in [-0.2, 0) is 6.42 Å². The Hall–Kier alpha value is -3.09. The van der Waals surface area contributed by atoms with E-state index in [-0.39, 0.29) is 0 Å². The van der Waals surface area contributed by atoms with Crippen LogP contribution in [-0.4, -0.2) is 38.4 Å². The number of fused-ring (bicyclic) bond motifs is 2. The first-order valence-electron chi connectivity index (χ1n) is 7.80. The molecular formula is C17H18N6O. The predicted molar refractivity (Wildman–Crippen MR) is 92.6 cm³/mol. The van der Waals surface area contributed by atoms with Crippen LogP contribution in [0.4, 0.5) is 5.69 Å². The van der Waals surface area contributed by atoms with Gasteiger partial charge in [0, 0.05) is 23.6 Å². The van der Waals surface area contributed by atoms with Gasteiger partial charge in [-0.15, -0.1) is 10.2 Å². The lowest BCUT2D eigenvalue weighted by Gasteiger charge is -2.08. The van der Waals surface area contributed by atoms with Crippen molar-refractivity contribution < 1.29 is 4.74 Å². The predicted octanol–water partition coefficient (Wildman–Crippen LogP) is 2.58. The van der Waals surface area contributed by atoms with Crippen LogP contribution in [0.5, 0.6) is 5.75 Å². The van der Waals surface area contributed by atoms with E-state index in [9.17, 15) is 0 Å². The Labute approximate surface area is 138 Å². The second kappa shape index (κ2) is 5.84. The molecule has 0 aliphatic heterocycles. The summed E-state index contributed by atoms with van der Waals surface area (Å²) < 4.78 is 7.01. The molecule has 0 spiro atoms. The number of rotatable bonds is 5. The third-order valence-electron chi connectivity index (χ3n) is 4.07. The minimum atomic E-state index is 0.737. The summed E-state index contributed by atoms with van der Waals surface area (Å²) in [5, 5.41) is 17.0. The van der Waals surface area contributed by atoms with Crippen LogP contribution in [0.15, 0.2) is 36.8 Å². The Bertz CT molecular complexity index is 1000. The van der Waals surface area contributed by atoms with E-state index in [4.69, 9.17) is 4.74 Å². The molecule has 0 aliphatic carbocycles. The number of methoxy groups -OCH3 is 1. The zero-order valence-corrected chi connectivity index (χ0v) is 13.6. The van der Waals surface area contributed by atoms with Gasteiger partial charge in [-0.3, -0.25) is 0 Å². The minimum Gasteiger partial charge on any atom is -0.497 e. The van der Waals surface area contributed by atoms with Crippen LogP contribution in [0, 0.1) is 6.92 Å². The van der Waals surface area contributed by atoms with Crippen molar-refractivity contribution in [1.29, 1.82) is 0 Å². The molecule has 7 heteroatoms. The molecule has 2 N–H and O–H groups in total. The summed E-state index contributed by atoms with van der Waals surface area (Å²) in [6, 6.07) is 8.05. The standard InChI is InChI=1S/C17H18N6O/c1-11-7-16(17-21-20-10-23(17)22-11)18-6-5-12-9-19-15-4-3-13(24-2)8-14(12)15/h3-4,7-10,18-19H,5-6H2,1-2H3. The molecule has 0 amide bonds. The highest BCUT2D eigenvalue weighted by atomic mass is 16.5. The number of aryl methyl sites for hydroxylation is 1. The number of hydrogen-bond acceptors (Lipinski definition) is 5. The fourth-order valence-corrected chi connectivity index (χ4v) is 2.91. The van der Waals surface area contributed by atoms with E-state index < -0.39 is 0 Å². The molecule has 4 rings (SSSR count). The van der Waals surface area contributed by atoms with Crippen LogP contribution in [0.2, 0.25) is 0 Å². The second-order valence-electron chi connectivity index (χ2n) is 5.70. The topological polar surface area (TPSA) is 80.1 Å². The number of H-pyrrole nitrogens is 1. The van der Waals surface area contributed by atoms with Gasteiger partial charge in [0.25, 0.3) is 0 Å². The van der Waals surface area contributed by atoms with Crippen molar-refractivity contribution in [2.45, 2.75) is 13.3 Å². The van der Waals surface area contributed by atoms with Crippen LogP contribution in [0.3, 0.4) is 0 Å². The largest absolute Gasteiger partial charge is 0.497 e. The van der Waals surface area contributed by atoms with E-state index in [0.717, 1.165) is 41.3 Å². The molecule has 7 nitrogen and oxygen atoms in total. The Kier molecular flexibility index (Phi) is 3.53. The maximum atomic E-state index is 5.32. The van der Waals surface area contributed by atoms with Crippen LogP contribution < -0.4 is 10.1 Å². The van der Waals surface area contributed by atoms with E-state index in [1.54, 1.807) is 18.0 Å². The first kappa shape index (κ1) is 14.5. The molecule has 4 aromatic rings. The van der Waals surface area contributed by atoms with Gasteiger partial charge in [0.1, 0.15) is 12.1 Å². The van der Waals surface area contributed by atoms with Crippen LogP contribution >= 0.6 is 0 Å². The number of aromatic nitrogens is 5. The third kappa shape index (κ3) is 2.54. The van der Waals surface area contributed by atoms with Gasteiger partial charge in [-0.2, -0.15) is 9.61 Å². The lowest BCUT2D eigenvalue weighted by molar-refractivity contribution is 0.415. The molecule has 0 atom stereocenters. The first-order chi connectivity index (χ1) is 11.7. The summed E-state index contributed by atoms with van der Waals surface area (Å²) in [6.07, 6.45) is 4.55. The van der Waals surface area contributed by atoms with Gasteiger partial charge in [0.05, 0.1) is 18.5 Å². The zero-order valence-electron chi connectivity index (χ0n) is 13.6. The quantitative estimate of drug-likeness (QED) is 0.590. The highest BCUT2D eigenvalue weighted by Crippen LogP contribution is 2.24. The first-order valence-corrected chi connectivity index (χ1v) is 7.80. The van der Waals surface area contributed by atoms with Gasteiger partial charge in [-0.1, -0.05) is 0 Å². The fourth-order valence-electron chi connectivity index (χ4n) is 2.91. The SMILES string of the molecule is COc1ccc2[nH]cc(CCNc3cc(C)nn4cnnc34)c2c1. The average molecular weight is 322 g/mol. The highest BCUT2D eigenvalue weighted by molar-refractivity contribution is 5.84. The number of nitrogens with zero attached hydrogens (tertiary/aromatic N) is 4. The molecule has 0 unspecified atom stereocenters. The summed E-state index contributed by atoms with van der Waals surface area (Å²) in [6.45, 7) is 2.74. The van der Waals surface area contributed by atoms with Gasteiger partial charge in [0.2, 0.25) is 5.65 Å². The van der Waals surface area contributed by atoms with Crippen LogP contribution in [0.25, 0.3) is 16.6 Å². The number of benzene rings is 1. The van der Waals surface area contributed by atoms with Crippen molar-refractivity contribution in [2.75, 3.05) is 19.0 Å². The smallest absolute Gasteiger partial charge is 0.200 e. The molecule has 0 saturated heterocycles. The van der Waals surface area contributed by atoms with E-state index in [1.165, 1.54) is 10.9 Å². The summed E-state index contributed by atoms with van der Waals surface area (Å²) >= 11 is 0. The minimum absolute atomic E-state index is 0.737. The number of aromatic amines is 1. The van der Waals surface area contributed by atoms with Crippen molar-refractivity contribution in [2.24, 2.45) is 0 Å². The molecule has 1 aromatic carbocycles. The molecule has 0 aliphatic rings. The highest BCUT2D eigenvalue weighted by Gasteiger charge is 2.08. The van der Waals surface area contributed by atoms with Gasteiger partial charge in [-0.25, -0.2) is 0 Å². The molecule has 0 radical (unpaired) electrons. The molecule has 3 heterocycles. The Balaban J connectivity index is 1.54. The molecule has 122 valence electrons. The second-order valence-corrected chi connectivity index (χ2v) is 5.70. The molecule has 0 bridgehead atoms. The van der Waals surface area contributed by atoms with Crippen molar-refractivity contribution in [3.8, 4) is 5.75 Å². The lowest BCUT2D eigenvalue weighted by Crippen LogP contribution is -2.07. The van der Waals surface area contributed by atoms with E-state index in [2.05, 4.69) is 37.9 Å². The molecule has 24 heavy (non-hydrogen) atoms. The zero-order chi connectivity index (χ0) is 16.5. The molecule has 0 saturated carbocycles. The molecular weight excluding hydrogens is 304 g/mol. The Morgan fingerprint density at radius 2 is 2.21 bits per heavy atom. The summed E-state index contributed by atoms with van der Waals surface area (Å²) in [4.78, 5) is 3.30. The maximum Gasteiger partial charge on any atom is 0.200 e. The van der Waals surface area contributed by atoms with Crippen LogP contribution in [0.1, 0.15) is 11.3 Å². The van der Waals surface area contributed by atoms with Gasteiger partial charge in [0.15, 0.2) is 0 Å². The summed E-state index contributed by atoms with van der Waals surface area (Å²) in [5.74, 6) is 0.867. The Morgan fingerprint density at radius 3 is 3.08 bits per heavy atom. The fraction of sp³-hybridized carbons (Fsp3) is 0.235. The number of ether oxygens (including phenoxy) is 1. The summed E-state index contributed by atoms with van der Waals surface area (Å²) in [5.41, 5.74) is 4.96. The van der Waals surface area contributed by atoms with E-state index in [0.29, 0.717) is 0 Å². The van der Waals surface area contributed by atoms with E-state index in [1.807, 2.05) is 25.1 Å². The Morgan fingerprint density at radius 1 is 1.29 bits per heavy atom. The average Bonchev–Trinajstić information content (AvgIpc) is 3.21. The van der Waals surface area contributed by atoms with Gasteiger partial charge >= 0.3 is 0 Å².